The number of aromatic nitrogens is 2. The van der Waals surface area contributed by atoms with E-state index in [1.807, 2.05) is 6.07 Å². The molecule has 2 aromatic rings. The summed E-state index contributed by atoms with van der Waals surface area (Å²) in [5.41, 5.74) is 4.13. The first-order valence-electron chi connectivity index (χ1n) is 12.1. The van der Waals surface area contributed by atoms with Gasteiger partial charge in [-0.05, 0) is 40.2 Å². The van der Waals surface area contributed by atoms with Gasteiger partial charge >= 0.3 is 19.4 Å². The van der Waals surface area contributed by atoms with Gasteiger partial charge in [0.15, 0.2) is 6.23 Å². The lowest BCUT2D eigenvalue weighted by molar-refractivity contribution is -0.149. The van der Waals surface area contributed by atoms with Crippen LogP contribution in [0.3, 0.4) is 0 Å². The van der Waals surface area contributed by atoms with E-state index in [0.717, 1.165) is 10.6 Å². The number of nitrogens with one attached hydrogen (secondary N) is 2. The number of aliphatic hydroxyl groups excluding tert-OH is 1. The van der Waals surface area contributed by atoms with E-state index in [4.69, 9.17) is 24.3 Å². The fourth-order valence-corrected chi connectivity index (χ4v) is 5.59. The first-order valence-corrected chi connectivity index (χ1v) is 13.7. The minimum Gasteiger partial charge on any atom is -0.462 e. The average Bonchev–Trinajstić information content (AvgIpc) is 3.06. The number of carbonyl (C=O) groups is 1. The monoisotopic (exact) mass is 554 g/mol. The largest absolute Gasteiger partial charge is 0.462 e. The maximum atomic E-state index is 13.8. The van der Waals surface area contributed by atoms with Crippen molar-refractivity contribution in [2.45, 2.75) is 76.8 Å². The Morgan fingerprint density at radius 2 is 1.89 bits per heavy atom. The smallest absolute Gasteiger partial charge is 0.406 e. The van der Waals surface area contributed by atoms with E-state index in [1.54, 1.807) is 45.0 Å². The number of nitrogens with zero attached hydrogens (tertiary/aromatic N) is 1. The number of rotatable bonds is 11. The van der Waals surface area contributed by atoms with Gasteiger partial charge in [0.2, 0.25) is 0 Å². The van der Waals surface area contributed by atoms with Crippen LogP contribution in [0.2, 0.25) is 0 Å². The summed E-state index contributed by atoms with van der Waals surface area (Å²) in [5.74, 6) is -0.663. The second-order valence-electron chi connectivity index (χ2n) is 9.64. The first kappa shape index (κ1) is 29.9. The molecular formula is C24H35N4O9P. The Hall–Kier alpha value is -2.64. The highest BCUT2D eigenvalue weighted by Crippen LogP contribution is 2.50. The number of hydrogen-bond acceptors (Lipinski definition) is 10. The number of esters is 1. The number of aliphatic hydroxyl groups is 1. The molecule has 1 aromatic heterocycles. The zero-order valence-corrected chi connectivity index (χ0v) is 22.8. The van der Waals surface area contributed by atoms with Crippen molar-refractivity contribution in [2.24, 2.45) is 5.73 Å². The normalized spacial score (nSPS) is 26.6. The van der Waals surface area contributed by atoms with Crippen LogP contribution < -0.4 is 22.1 Å². The van der Waals surface area contributed by atoms with E-state index in [9.17, 15) is 24.1 Å². The molecule has 38 heavy (non-hydrogen) atoms. The Kier molecular flexibility index (Phi) is 9.48. The van der Waals surface area contributed by atoms with Crippen molar-refractivity contribution in [1.82, 2.24) is 14.6 Å². The molecule has 1 aliphatic heterocycles. The molecule has 13 nitrogen and oxygen atoms in total. The van der Waals surface area contributed by atoms with E-state index in [0.29, 0.717) is 5.56 Å². The van der Waals surface area contributed by atoms with Gasteiger partial charge in [0, 0.05) is 12.3 Å². The minimum atomic E-state index is -4.22. The number of aromatic amines is 1. The fourth-order valence-electron chi connectivity index (χ4n) is 3.93. The molecule has 2 heterocycles. The van der Waals surface area contributed by atoms with Crippen LogP contribution in [0.5, 0.6) is 0 Å². The second kappa shape index (κ2) is 12.0. The van der Waals surface area contributed by atoms with E-state index >= 15 is 0 Å². The van der Waals surface area contributed by atoms with Crippen LogP contribution in [0.25, 0.3) is 0 Å². The number of nitrogens with two attached hydrogens (primary N) is 1. The highest BCUT2D eigenvalue weighted by atomic mass is 31.2. The molecule has 0 spiro atoms. The molecule has 1 fully saturated rings. The minimum absolute atomic E-state index is 0.395. The number of hydrogen-bond donors (Lipinski definition) is 4. The number of benzene rings is 1. The van der Waals surface area contributed by atoms with Gasteiger partial charge in [0.25, 0.3) is 5.56 Å². The molecule has 0 amide bonds. The Morgan fingerprint density at radius 1 is 1.24 bits per heavy atom. The molecule has 7 atom stereocenters. The van der Waals surface area contributed by atoms with Crippen molar-refractivity contribution in [1.29, 1.82) is 0 Å². The molecule has 0 saturated carbocycles. The molecule has 210 valence electrons. The second-order valence-corrected chi connectivity index (χ2v) is 11.4. The SMILES string of the molecule is CC(C)OC(=O)C(C)NP(=O)(OCC1OC(n2ccc(=O)[nH]c2=O)C(C)(N)C1O)OC(C)c1ccccc1. The molecule has 0 aliphatic carbocycles. The highest BCUT2D eigenvalue weighted by Gasteiger charge is 2.52. The summed E-state index contributed by atoms with van der Waals surface area (Å²) in [6.07, 6.45) is -3.58. The summed E-state index contributed by atoms with van der Waals surface area (Å²) in [6, 6.07) is 9.02. The zero-order chi connectivity index (χ0) is 28.3. The van der Waals surface area contributed by atoms with E-state index in [2.05, 4.69) is 10.1 Å². The summed E-state index contributed by atoms with van der Waals surface area (Å²) >= 11 is 0. The first-order chi connectivity index (χ1) is 17.7. The standard InChI is InChI=1S/C24H35N4O9P/c1-14(2)35-21(31)15(3)27-38(33,37-16(4)17-9-7-6-8-10-17)34-13-18-20(30)24(5,25)22(36-18)28-12-11-19(29)26-23(28)32/h6-12,14-16,18,20,22,30H,13,25H2,1-5H3,(H,27,33)(H,26,29,32). The lowest BCUT2D eigenvalue weighted by Crippen LogP contribution is -2.53. The molecule has 14 heteroatoms. The molecule has 1 aromatic carbocycles. The summed E-state index contributed by atoms with van der Waals surface area (Å²) in [5, 5.41) is 13.5. The number of carbonyl (C=O) groups excluding carboxylic acids is 1. The summed E-state index contributed by atoms with van der Waals surface area (Å²) in [7, 11) is -4.22. The van der Waals surface area contributed by atoms with Gasteiger partial charge in [0.1, 0.15) is 18.2 Å². The van der Waals surface area contributed by atoms with E-state index < -0.39 is 73.8 Å². The zero-order valence-electron chi connectivity index (χ0n) is 21.9. The van der Waals surface area contributed by atoms with Crippen molar-refractivity contribution < 1.29 is 33.0 Å². The molecular weight excluding hydrogens is 519 g/mol. The Bertz CT molecular complexity index is 1260. The molecule has 3 rings (SSSR count). The molecule has 7 unspecified atom stereocenters. The predicted molar refractivity (Wildman–Crippen MR) is 137 cm³/mol. The Balaban J connectivity index is 1.81. The molecule has 0 bridgehead atoms. The summed E-state index contributed by atoms with van der Waals surface area (Å²) in [4.78, 5) is 38.2. The number of ether oxygens (including phenoxy) is 2. The van der Waals surface area contributed by atoms with Gasteiger partial charge in [0.05, 0.1) is 24.4 Å². The number of H-pyrrole nitrogens is 1. The maximum Gasteiger partial charge on any atom is 0.406 e. The fraction of sp³-hybridized carbons (Fsp3) is 0.542. The van der Waals surface area contributed by atoms with Crippen LogP contribution in [0, 0.1) is 0 Å². The lowest BCUT2D eigenvalue weighted by atomic mass is 9.93. The molecule has 1 saturated heterocycles. The highest BCUT2D eigenvalue weighted by molar-refractivity contribution is 7.51. The van der Waals surface area contributed by atoms with Gasteiger partial charge in [-0.3, -0.25) is 28.2 Å². The van der Waals surface area contributed by atoms with Gasteiger partial charge in [-0.15, -0.1) is 0 Å². The van der Waals surface area contributed by atoms with Crippen molar-refractivity contribution in [2.75, 3.05) is 6.61 Å². The molecule has 0 radical (unpaired) electrons. The van der Waals surface area contributed by atoms with Crippen molar-refractivity contribution in [3.63, 3.8) is 0 Å². The predicted octanol–water partition coefficient (Wildman–Crippen LogP) is 1.34. The van der Waals surface area contributed by atoms with Crippen molar-refractivity contribution in [3.8, 4) is 0 Å². The van der Waals surface area contributed by atoms with Gasteiger partial charge in [-0.25, -0.2) is 14.4 Å². The third-order valence-corrected chi connectivity index (χ3v) is 7.75. The van der Waals surface area contributed by atoms with Crippen LogP contribution in [-0.4, -0.2) is 57.1 Å². The van der Waals surface area contributed by atoms with Gasteiger partial charge in [-0.2, -0.15) is 0 Å². The van der Waals surface area contributed by atoms with Gasteiger partial charge < -0.3 is 20.3 Å². The third kappa shape index (κ3) is 7.06. The van der Waals surface area contributed by atoms with Crippen LogP contribution in [0.1, 0.15) is 52.5 Å². The molecule has 5 N–H and O–H groups in total. The van der Waals surface area contributed by atoms with Crippen LogP contribution >= 0.6 is 7.75 Å². The molecule has 1 aliphatic rings. The van der Waals surface area contributed by atoms with Crippen LogP contribution in [0.15, 0.2) is 52.2 Å². The average molecular weight is 555 g/mol. The van der Waals surface area contributed by atoms with E-state index in [-0.39, 0.29) is 0 Å². The summed E-state index contributed by atoms with van der Waals surface area (Å²) in [6.45, 7) is 7.48. The Labute approximate surface area is 219 Å². The van der Waals surface area contributed by atoms with Crippen LogP contribution in [0.4, 0.5) is 0 Å². The van der Waals surface area contributed by atoms with Crippen LogP contribution in [-0.2, 0) is 27.9 Å². The van der Waals surface area contributed by atoms with E-state index in [1.165, 1.54) is 20.0 Å². The quantitative estimate of drug-likeness (QED) is 0.232. The van der Waals surface area contributed by atoms with Crippen molar-refractivity contribution >= 4 is 13.7 Å². The van der Waals surface area contributed by atoms with Gasteiger partial charge in [-0.1, -0.05) is 30.3 Å². The van der Waals surface area contributed by atoms with Crippen molar-refractivity contribution in [3.05, 3.63) is 69.0 Å². The lowest BCUT2D eigenvalue weighted by Gasteiger charge is -2.29. The Morgan fingerprint density at radius 3 is 2.50 bits per heavy atom. The summed E-state index contributed by atoms with van der Waals surface area (Å²) < 4.78 is 37.3. The maximum absolute atomic E-state index is 13.8. The topological polar surface area (TPSA) is 184 Å². The third-order valence-electron chi connectivity index (χ3n) is 5.96.